The van der Waals surface area contributed by atoms with Crippen LogP contribution in [0.2, 0.25) is 0 Å². The normalized spacial score (nSPS) is 21.9. The lowest BCUT2D eigenvalue weighted by Gasteiger charge is -2.13. The number of hydrogen-bond acceptors (Lipinski definition) is 4. The van der Waals surface area contributed by atoms with Gasteiger partial charge in [-0.3, -0.25) is 4.57 Å². The second-order valence-electron chi connectivity index (χ2n) is 5.69. The van der Waals surface area contributed by atoms with Gasteiger partial charge < -0.3 is 20.1 Å². The standard InChI is InChI=1S/C16H12F3NO4/c17-16(18,19)8-2-1-3-9(5-8)20-14(22)11-10-4-7(6-21)13(24-10)12(11)15(20)23/h1-5,10,13,21-23H,6H2/t10-,13+/m1/s1. The lowest BCUT2D eigenvalue weighted by molar-refractivity contribution is -0.137. The second-order valence-corrected chi connectivity index (χ2v) is 5.69. The molecule has 3 heterocycles. The van der Waals surface area contributed by atoms with E-state index in [1.807, 2.05) is 0 Å². The summed E-state index contributed by atoms with van der Waals surface area (Å²) in [5, 5.41) is 30.2. The molecule has 0 saturated heterocycles. The molecule has 0 unspecified atom stereocenters. The van der Waals surface area contributed by atoms with Gasteiger partial charge in [0.15, 0.2) is 0 Å². The number of aromatic nitrogens is 1. The number of aliphatic hydroxyl groups is 1. The molecular weight excluding hydrogens is 327 g/mol. The predicted molar refractivity (Wildman–Crippen MR) is 75.8 cm³/mol. The smallest absolute Gasteiger partial charge is 0.416 e. The van der Waals surface area contributed by atoms with E-state index >= 15 is 0 Å². The molecule has 5 nitrogen and oxygen atoms in total. The molecule has 2 aliphatic rings. The molecule has 8 heteroatoms. The van der Waals surface area contributed by atoms with E-state index in [0.29, 0.717) is 11.1 Å². The summed E-state index contributed by atoms with van der Waals surface area (Å²) in [6.45, 7) is -0.268. The quantitative estimate of drug-likeness (QED) is 0.736. The molecular formula is C16H12F3NO4. The van der Waals surface area contributed by atoms with Crippen molar-refractivity contribution >= 4 is 0 Å². The van der Waals surface area contributed by atoms with Crippen LogP contribution in [0.15, 0.2) is 35.9 Å². The predicted octanol–water partition coefficient (Wildman–Crippen LogP) is 2.95. The number of hydrogen-bond donors (Lipinski definition) is 3. The molecule has 3 N–H and O–H groups in total. The zero-order chi connectivity index (χ0) is 17.2. The first-order valence-electron chi connectivity index (χ1n) is 7.14. The number of alkyl halides is 3. The van der Waals surface area contributed by atoms with Gasteiger partial charge in [-0.05, 0) is 29.8 Å². The largest absolute Gasteiger partial charge is 0.494 e. The topological polar surface area (TPSA) is 74.8 Å². The first-order chi connectivity index (χ1) is 11.3. The minimum absolute atomic E-state index is 0.0147. The van der Waals surface area contributed by atoms with Gasteiger partial charge in [-0.25, -0.2) is 0 Å². The molecule has 2 aliphatic heterocycles. The molecule has 0 saturated carbocycles. The number of rotatable bonds is 2. The molecule has 1 aromatic carbocycles. The molecule has 0 amide bonds. The van der Waals surface area contributed by atoms with Crippen LogP contribution in [0.1, 0.15) is 28.9 Å². The van der Waals surface area contributed by atoms with Gasteiger partial charge in [0.2, 0.25) is 11.8 Å². The maximum atomic E-state index is 12.9. The van der Waals surface area contributed by atoms with Crippen LogP contribution in [0.4, 0.5) is 13.2 Å². The Kier molecular flexibility index (Phi) is 3.01. The van der Waals surface area contributed by atoms with Crippen molar-refractivity contribution in [2.45, 2.75) is 18.4 Å². The molecule has 2 aromatic rings. The summed E-state index contributed by atoms with van der Waals surface area (Å²) in [4.78, 5) is 0. The van der Waals surface area contributed by atoms with Gasteiger partial charge in [-0.15, -0.1) is 0 Å². The average molecular weight is 339 g/mol. The molecule has 126 valence electrons. The number of benzene rings is 1. The number of aliphatic hydroxyl groups excluding tert-OH is 1. The van der Waals surface area contributed by atoms with E-state index in [0.717, 1.165) is 16.7 Å². The van der Waals surface area contributed by atoms with Gasteiger partial charge in [0.05, 0.1) is 29.0 Å². The van der Waals surface area contributed by atoms with Crippen molar-refractivity contribution in [2.75, 3.05) is 6.61 Å². The highest BCUT2D eigenvalue weighted by molar-refractivity contribution is 5.61. The lowest BCUT2D eigenvalue weighted by Crippen LogP contribution is -2.06. The van der Waals surface area contributed by atoms with E-state index in [1.165, 1.54) is 12.1 Å². The highest BCUT2D eigenvalue weighted by Crippen LogP contribution is 2.57. The van der Waals surface area contributed by atoms with E-state index in [1.54, 1.807) is 6.08 Å². The SMILES string of the molecule is OCC1=C[C@H]2O[C@@H]1c1c2c(O)n(-c2cccc(C(F)(F)F)c2)c1O. The van der Waals surface area contributed by atoms with Crippen molar-refractivity contribution in [3.05, 3.63) is 52.6 Å². The Morgan fingerprint density at radius 1 is 1.12 bits per heavy atom. The number of aromatic hydroxyl groups is 2. The number of fused-ring (bicyclic) bond motifs is 5. The lowest BCUT2D eigenvalue weighted by atomic mass is 9.95. The Hall–Kier alpha value is -2.45. The third-order valence-corrected chi connectivity index (χ3v) is 4.34. The molecule has 4 rings (SSSR count). The van der Waals surface area contributed by atoms with Crippen LogP contribution in [0.25, 0.3) is 5.69 Å². The van der Waals surface area contributed by atoms with Crippen molar-refractivity contribution in [3.63, 3.8) is 0 Å². The molecule has 0 fully saturated rings. The number of nitrogens with zero attached hydrogens (tertiary/aromatic N) is 1. The average Bonchev–Trinajstić information content (AvgIpc) is 3.18. The second kappa shape index (κ2) is 4.78. The minimum atomic E-state index is -4.54. The van der Waals surface area contributed by atoms with Gasteiger partial charge in [0, 0.05) is 0 Å². The highest BCUT2D eigenvalue weighted by Gasteiger charge is 2.46. The monoisotopic (exact) mass is 339 g/mol. The molecule has 2 bridgehead atoms. The highest BCUT2D eigenvalue weighted by atomic mass is 19.4. The molecule has 24 heavy (non-hydrogen) atoms. The number of ether oxygens (including phenoxy) is 1. The van der Waals surface area contributed by atoms with E-state index in [9.17, 15) is 28.5 Å². The van der Waals surface area contributed by atoms with Crippen molar-refractivity contribution in [1.82, 2.24) is 4.57 Å². The summed E-state index contributed by atoms with van der Waals surface area (Å²) in [6, 6.07) is 4.31. The van der Waals surface area contributed by atoms with Crippen molar-refractivity contribution in [2.24, 2.45) is 0 Å². The van der Waals surface area contributed by atoms with Gasteiger partial charge in [-0.2, -0.15) is 13.2 Å². The summed E-state index contributed by atoms with van der Waals surface area (Å²) in [6.07, 6.45) is -4.24. The van der Waals surface area contributed by atoms with E-state index < -0.39 is 29.8 Å². The van der Waals surface area contributed by atoms with E-state index in [-0.39, 0.29) is 23.7 Å². The fourth-order valence-electron chi connectivity index (χ4n) is 3.28. The van der Waals surface area contributed by atoms with Crippen LogP contribution in [0.5, 0.6) is 11.8 Å². The zero-order valence-corrected chi connectivity index (χ0v) is 12.1. The van der Waals surface area contributed by atoms with Crippen LogP contribution >= 0.6 is 0 Å². The summed E-state index contributed by atoms with van der Waals surface area (Å²) in [5.41, 5.74) is 0.234. The third-order valence-electron chi connectivity index (χ3n) is 4.34. The molecule has 1 aromatic heterocycles. The Bertz CT molecular complexity index is 869. The summed E-state index contributed by atoms with van der Waals surface area (Å²) < 4.78 is 45.2. The van der Waals surface area contributed by atoms with Gasteiger partial charge >= 0.3 is 6.18 Å². The van der Waals surface area contributed by atoms with E-state index in [2.05, 4.69) is 0 Å². The van der Waals surface area contributed by atoms with Crippen LogP contribution < -0.4 is 0 Å². The Morgan fingerprint density at radius 3 is 2.50 bits per heavy atom. The maximum Gasteiger partial charge on any atom is 0.416 e. The van der Waals surface area contributed by atoms with Crippen molar-refractivity contribution in [1.29, 1.82) is 0 Å². The Morgan fingerprint density at radius 2 is 1.83 bits per heavy atom. The fraction of sp³-hybridized carbons (Fsp3) is 0.250. The summed E-state index contributed by atoms with van der Waals surface area (Å²) >= 11 is 0. The fourth-order valence-corrected chi connectivity index (χ4v) is 3.28. The van der Waals surface area contributed by atoms with E-state index in [4.69, 9.17) is 4.74 Å². The van der Waals surface area contributed by atoms with Crippen LogP contribution in [-0.2, 0) is 10.9 Å². The third kappa shape index (κ3) is 1.90. The molecule has 0 aliphatic carbocycles. The minimum Gasteiger partial charge on any atom is -0.494 e. The maximum absolute atomic E-state index is 12.9. The van der Waals surface area contributed by atoms with Crippen LogP contribution in [0.3, 0.4) is 0 Å². The molecule has 2 atom stereocenters. The first kappa shape index (κ1) is 15.1. The molecule has 0 radical (unpaired) electrons. The Labute approximate surface area is 133 Å². The van der Waals surface area contributed by atoms with Crippen LogP contribution in [-0.4, -0.2) is 26.5 Å². The van der Waals surface area contributed by atoms with Gasteiger partial charge in [-0.1, -0.05) is 6.07 Å². The first-order valence-corrected chi connectivity index (χ1v) is 7.14. The van der Waals surface area contributed by atoms with Crippen molar-refractivity contribution < 1.29 is 33.2 Å². The van der Waals surface area contributed by atoms with Gasteiger partial charge in [0.1, 0.15) is 12.2 Å². The van der Waals surface area contributed by atoms with Crippen molar-refractivity contribution in [3.8, 4) is 17.4 Å². The van der Waals surface area contributed by atoms with Crippen LogP contribution in [0, 0.1) is 0 Å². The van der Waals surface area contributed by atoms with Gasteiger partial charge in [0.25, 0.3) is 0 Å². The summed E-state index contributed by atoms with van der Waals surface area (Å²) in [7, 11) is 0. The Balaban J connectivity index is 1.86. The number of halogens is 3. The molecule has 0 spiro atoms. The zero-order valence-electron chi connectivity index (χ0n) is 12.1. The summed E-state index contributed by atoms with van der Waals surface area (Å²) in [5.74, 6) is -0.768.